The first-order valence-electron chi connectivity index (χ1n) is 11.4. The van der Waals surface area contributed by atoms with E-state index in [2.05, 4.69) is 15.3 Å². The van der Waals surface area contributed by atoms with Gasteiger partial charge in [-0.1, -0.05) is 19.1 Å². The summed E-state index contributed by atoms with van der Waals surface area (Å²) >= 11 is 0. The highest BCUT2D eigenvalue weighted by Gasteiger charge is 2.32. The molecule has 0 aliphatic carbocycles. The largest absolute Gasteiger partial charge is 0.497 e. The number of benzene rings is 1. The van der Waals surface area contributed by atoms with Crippen molar-refractivity contribution in [3.63, 3.8) is 0 Å². The number of methoxy groups -OCH3 is 1. The quantitative estimate of drug-likeness (QED) is 0.288. The lowest BCUT2D eigenvalue weighted by Crippen LogP contribution is -2.18. The van der Waals surface area contributed by atoms with Crippen molar-refractivity contribution in [2.24, 2.45) is 0 Å². The number of nitrogens with zero attached hydrogens (tertiary/aromatic N) is 7. The van der Waals surface area contributed by atoms with Crippen LogP contribution >= 0.6 is 0 Å². The first-order valence-corrected chi connectivity index (χ1v) is 11.4. The van der Waals surface area contributed by atoms with Crippen LogP contribution in [0.5, 0.6) is 5.75 Å². The van der Waals surface area contributed by atoms with Gasteiger partial charge in [0.05, 0.1) is 67.8 Å². The van der Waals surface area contributed by atoms with Gasteiger partial charge in [-0.25, -0.2) is 9.50 Å². The van der Waals surface area contributed by atoms with Crippen LogP contribution in [0.2, 0.25) is 0 Å². The highest BCUT2D eigenvalue weighted by molar-refractivity contribution is 5.78. The molecular weight excluding hydrogens is 471 g/mol. The van der Waals surface area contributed by atoms with Gasteiger partial charge >= 0.3 is 6.18 Å². The molecule has 1 aromatic carbocycles. The minimum absolute atomic E-state index is 0.309. The molecule has 0 spiro atoms. The summed E-state index contributed by atoms with van der Waals surface area (Å²) in [5, 5.41) is 13.0. The van der Waals surface area contributed by atoms with Crippen LogP contribution in [0.1, 0.15) is 31.4 Å². The lowest BCUT2D eigenvalue weighted by Gasteiger charge is -2.17. The average Bonchev–Trinajstić information content (AvgIpc) is 3.62. The van der Waals surface area contributed by atoms with E-state index in [1.54, 1.807) is 49.5 Å². The fourth-order valence-corrected chi connectivity index (χ4v) is 4.13. The summed E-state index contributed by atoms with van der Waals surface area (Å²) in [4.78, 5) is 4.82. The second-order valence-electron chi connectivity index (χ2n) is 8.50. The second-order valence-corrected chi connectivity index (χ2v) is 8.50. The van der Waals surface area contributed by atoms with Gasteiger partial charge in [0.25, 0.3) is 0 Å². The van der Waals surface area contributed by atoms with E-state index in [9.17, 15) is 13.2 Å². The van der Waals surface area contributed by atoms with Gasteiger partial charge in [0.1, 0.15) is 5.75 Å². The van der Waals surface area contributed by atoms with Crippen LogP contribution in [0.3, 0.4) is 0 Å². The van der Waals surface area contributed by atoms with Gasteiger partial charge in [-0.15, -0.1) is 0 Å². The molecule has 1 atom stereocenters. The van der Waals surface area contributed by atoms with E-state index in [1.165, 1.54) is 4.68 Å². The summed E-state index contributed by atoms with van der Waals surface area (Å²) in [6, 6.07) is 8.79. The molecule has 0 amide bonds. The number of fused-ring (bicyclic) bond motifs is 1. The van der Waals surface area contributed by atoms with Crippen LogP contribution in [-0.4, -0.2) is 47.4 Å². The van der Waals surface area contributed by atoms with E-state index in [4.69, 9.17) is 9.72 Å². The number of rotatable bonds is 8. The van der Waals surface area contributed by atoms with Crippen molar-refractivity contribution in [2.75, 3.05) is 7.11 Å². The maximum atomic E-state index is 13.0. The Kier molecular flexibility index (Phi) is 6.21. The second kappa shape index (κ2) is 9.48. The van der Waals surface area contributed by atoms with Crippen LogP contribution in [-0.2, 0) is 6.54 Å². The SMILES string of the molecule is CCC(CC(F)(F)F)n1cc(-c2nc(-c3cnn(Cc4ccc(OC)cc4)c3)cn3nccc23)cn1. The molecular formula is C25H24F3N7O. The first-order chi connectivity index (χ1) is 17.3. The zero-order valence-corrected chi connectivity index (χ0v) is 19.7. The predicted octanol–water partition coefficient (Wildman–Crippen LogP) is 5.42. The zero-order valence-electron chi connectivity index (χ0n) is 19.7. The Morgan fingerprint density at radius 2 is 1.72 bits per heavy atom. The third kappa shape index (κ3) is 4.95. The van der Waals surface area contributed by atoms with Gasteiger partial charge in [-0.3, -0.25) is 9.36 Å². The van der Waals surface area contributed by atoms with Crippen molar-refractivity contribution in [1.29, 1.82) is 0 Å². The summed E-state index contributed by atoms with van der Waals surface area (Å²) in [6.07, 6.45) is 5.34. The first kappa shape index (κ1) is 23.6. The Bertz CT molecular complexity index is 1470. The summed E-state index contributed by atoms with van der Waals surface area (Å²) in [5.74, 6) is 0.788. The Hall–Kier alpha value is -4.15. The van der Waals surface area contributed by atoms with Crippen molar-refractivity contribution in [3.8, 4) is 28.3 Å². The van der Waals surface area contributed by atoms with Gasteiger partial charge in [-0.05, 0) is 30.2 Å². The lowest BCUT2D eigenvalue weighted by molar-refractivity contribution is -0.143. The Balaban J connectivity index is 1.45. The Morgan fingerprint density at radius 3 is 2.44 bits per heavy atom. The molecule has 4 heterocycles. The smallest absolute Gasteiger partial charge is 0.391 e. The summed E-state index contributed by atoms with van der Waals surface area (Å²) < 4.78 is 49.1. The minimum Gasteiger partial charge on any atom is -0.497 e. The van der Waals surface area contributed by atoms with Gasteiger partial charge in [0, 0.05) is 23.5 Å². The number of hydrogen-bond acceptors (Lipinski definition) is 5. The molecule has 11 heteroatoms. The van der Waals surface area contributed by atoms with Gasteiger partial charge in [-0.2, -0.15) is 28.5 Å². The zero-order chi connectivity index (χ0) is 25.3. The molecule has 36 heavy (non-hydrogen) atoms. The predicted molar refractivity (Wildman–Crippen MR) is 128 cm³/mol. The lowest BCUT2D eigenvalue weighted by atomic mass is 10.1. The van der Waals surface area contributed by atoms with Crippen molar-refractivity contribution >= 4 is 5.52 Å². The van der Waals surface area contributed by atoms with E-state index in [-0.39, 0.29) is 0 Å². The molecule has 0 radical (unpaired) electrons. The normalized spacial score (nSPS) is 12.8. The number of halogens is 3. The van der Waals surface area contributed by atoms with E-state index in [0.717, 1.165) is 22.4 Å². The van der Waals surface area contributed by atoms with E-state index in [1.807, 2.05) is 41.2 Å². The Morgan fingerprint density at radius 1 is 0.944 bits per heavy atom. The highest BCUT2D eigenvalue weighted by Crippen LogP contribution is 2.32. The van der Waals surface area contributed by atoms with Crippen molar-refractivity contribution in [1.82, 2.24) is 34.2 Å². The standard InChI is InChI=1S/C25H24F3N7O/c1-3-20(10-25(26,27)28)34-15-19(12-31-34)24-23-8-9-29-35(23)16-22(32-24)18-11-30-33(14-18)13-17-4-6-21(36-2)7-5-17/h4-9,11-12,14-16,20H,3,10,13H2,1-2H3. The van der Waals surface area contributed by atoms with Crippen LogP contribution < -0.4 is 4.74 Å². The highest BCUT2D eigenvalue weighted by atomic mass is 19.4. The fourth-order valence-electron chi connectivity index (χ4n) is 4.13. The maximum Gasteiger partial charge on any atom is 0.391 e. The molecule has 1 unspecified atom stereocenters. The van der Waals surface area contributed by atoms with Gasteiger partial charge in [0.15, 0.2) is 0 Å². The molecule has 8 nitrogen and oxygen atoms in total. The number of ether oxygens (including phenoxy) is 1. The monoisotopic (exact) mass is 495 g/mol. The summed E-state index contributed by atoms with van der Waals surface area (Å²) in [5.41, 5.74) is 4.43. The third-order valence-corrected chi connectivity index (χ3v) is 6.01. The van der Waals surface area contributed by atoms with E-state index >= 15 is 0 Å². The van der Waals surface area contributed by atoms with Crippen molar-refractivity contribution in [2.45, 2.75) is 38.5 Å². The maximum absolute atomic E-state index is 13.0. The van der Waals surface area contributed by atoms with Crippen molar-refractivity contribution < 1.29 is 17.9 Å². The molecule has 0 N–H and O–H groups in total. The average molecular weight is 496 g/mol. The van der Waals surface area contributed by atoms with Crippen LogP contribution in [0.4, 0.5) is 13.2 Å². The molecule has 0 saturated carbocycles. The molecule has 0 fully saturated rings. The van der Waals surface area contributed by atoms with Gasteiger partial charge in [0.2, 0.25) is 0 Å². The molecule has 5 aromatic rings. The van der Waals surface area contributed by atoms with E-state index < -0.39 is 18.6 Å². The van der Waals surface area contributed by atoms with Crippen LogP contribution in [0, 0.1) is 0 Å². The molecule has 186 valence electrons. The topological polar surface area (TPSA) is 75.1 Å². The third-order valence-electron chi connectivity index (χ3n) is 6.01. The minimum atomic E-state index is -4.27. The van der Waals surface area contributed by atoms with Gasteiger partial charge < -0.3 is 4.74 Å². The van der Waals surface area contributed by atoms with Crippen LogP contribution in [0.25, 0.3) is 28.0 Å². The molecule has 0 bridgehead atoms. The molecule has 5 rings (SSSR count). The molecule has 0 aliphatic rings. The molecule has 4 aromatic heterocycles. The number of aromatic nitrogens is 7. The molecule has 0 saturated heterocycles. The Labute approximate surface area is 205 Å². The number of alkyl halides is 3. The van der Waals surface area contributed by atoms with Crippen molar-refractivity contribution in [3.05, 3.63) is 73.1 Å². The van der Waals surface area contributed by atoms with E-state index in [0.29, 0.717) is 29.9 Å². The fraction of sp³-hybridized carbons (Fsp3) is 0.280. The molecule has 0 aliphatic heterocycles. The van der Waals surface area contributed by atoms with Crippen LogP contribution in [0.15, 0.2) is 67.5 Å². The summed E-state index contributed by atoms with van der Waals surface area (Å²) in [7, 11) is 1.63. The summed E-state index contributed by atoms with van der Waals surface area (Å²) in [6.45, 7) is 2.29. The number of hydrogen-bond donors (Lipinski definition) is 0.